The Balaban J connectivity index is 2.36. The molecule has 0 heterocycles. The largest absolute Gasteiger partial charge is 0.416 e. The minimum absolute atomic E-state index is 0.229. The van der Waals surface area contributed by atoms with E-state index in [1.54, 1.807) is 0 Å². The topological polar surface area (TPSA) is 26.0 Å². The summed E-state index contributed by atoms with van der Waals surface area (Å²) < 4.78 is 51.0. The molecule has 0 amide bonds. The van der Waals surface area contributed by atoms with Crippen LogP contribution in [0.25, 0.3) is 0 Å². The van der Waals surface area contributed by atoms with Crippen LogP contribution in [0.5, 0.6) is 0 Å². The van der Waals surface area contributed by atoms with Crippen molar-refractivity contribution in [2.45, 2.75) is 12.6 Å². The van der Waals surface area contributed by atoms with Crippen molar-refractivity contribution >= 4 is 0 Å². The Bertz CT molecular complexity index is 706. The Hall–Kier alpha value is -2.32. The van der Waals surface area contributed by atoms with Gasteiger partial charge in [-0.2, -0.15) is 13.2 Å². The molecule has 22 heavy (non-hydrogen) atoms. The summed E-state index contributed by atoms with van der Waals surface area (Å²) >= 11 is 0. The average molecular weight is 307 g/mol. The molecule has 0 atom stereocenters. The van der Waals surface area contributed by atoms with Crippen molar-refractivity contribution in [3.05, 3.63) is 70.5 Å². The van der Waals surface area contributed by atoms with Gasteiger partial charge in [-0.05, 0) is 61.0 Å². The molecule has 0 aliphatic rings. The molecule has 0 aliphatic heterocycles. The third-order valence-electron chi connectivity index (χ3n) is 3.03. The predicted molar refractivity (Wildman–Crippen MR) is 76.6 cm³/mol. The molecule has 2 N–H and O–H groups in total. The molecule has 0 saturated heterocycles. The third kappa shape index (κ3) is 4.09. The lowest BCUT2D eigenvalue weighted by atomic mass is 10.0. The van der Waals surface area contributed by atoms with Crippen LogP contribution < -0.4 is 5.73 Å². The van der Waals surface area contributed by atoms with E-state index in [1.807, 2.05) is 0 Å². The number of hydrogen-bond donors (Lipinski definition) is 1. The zero-order valence-electron chi connectivity index (χ0n) is 11.5. The van der Waals surface area contributed by atoms with Gasteiger partial charge in [0.1, 0.15) is 5.82 Å². The second-order valence-corrected chi connectivity index (χ2v) is 4.67. The normalized spacial score (nSPS) is 11.0. The molecule has 2 aromatic rings. The van der Waals surface area contributed by atoms with Gasteiger partial charge in [-0.15, -0.1) is 0 Å². The summed E-state index contributed by atoms with van der Waals surface area (Å²) in [5, 5.41) is 0. The summed E-state index contributed by atoms with van der Waals surface area (Å²) in [6, 6.07) is 8.97. The summed E-state index contributed by atoms with van der Waals surface area (Å²) in [5.41, 5.74) is 6.25. The molecular weight excluding hydrogens is 294 g/mol. The summed E-state index contributed by atoms with van der Waals surface area (Å²) in [7, 11) is 0. The summed E-state index contributed by atoms with van der Waals surface area (Å²) in [6.07, 6.45) is -4.09. The van der Waals surface area contributed by atoms with Crippen LogP contribution in [0.15, 0.2) is 42.5 Å². The minimum Gasteiger partial charge on any atom is -0.330 e. The van der Waals surface area contributed by atoms with Crippen LogP contribution >= 0.6 is 0 Å². The lowest BCUT2D eigenvalue weighted by Crippen LogP contribution is -2.09. The van der Waals surface area contributed by atoms with E-state index in [4.69, 9.17) is 5.73 Å². The smallest absolute Gasteiger partial charge is 0.330 e. The Kier molecular flexibility index (Phi) is 4.84. The zero-order chi connectivity index (χ0) is 16.2. The van der Waals surface area contributed by atoms with E-state index in [-0.39, 0.29) is 12.4 Å². The zero-order valence-corrected chi connectivity index (χ0v) is 11.5. The van der Waals surface area contributed by atoms with Gasteiger partial charge in [0.2, 0.25) is 0 Å². The Morgan fingerprint density at radius 3 is 2.23 bits per heavy atom. The van der Waals surface area contributed by atoms with Gasteiger partial charge in [-0.25, -0.2) is 4.39 Å². The van der Waals surface area contributed by atoms with E-state index in [9.17, 15) is 17.6 Å². The quantitative estimate of drug-likeness (QED) is 0.664. The molecule has 0 saturated carbocycles. The van der Waals surface area contributed by atoms with E-state index < -0.39 is 11.7 Å². The second kappa shape index (κ2) is 6.63. The number of hydrogen-bond acceptors (Lipinski definition) is 1. The first-order chi connectivity index (χ1) is 10.4. The van der Waals surface area contributed by atoms with Gasteiger partial charge in [-0.3, -0.25) is 0 Å². The van der Waals surface area contributed by atoms with Crippen molar-refractivity contribution < 1.29 is 17.6 Å². The fraction of sp³-hybridized carbons (Fsp3) is 0.176. The molecule has 114 valence electrons. The van der Waals surface area contributed by atoms with E-state index >= 15 is 0 Å². The van der Waals surface area contributed by atoms with Gasteiger partial charge in [0.05, 0.1) is 5.56 Å². The highest BCUT2D eigenvalue weighted by molar-refractivity contribution is 5.48. The standard InChI is InChI=1S/C17H13F4N/c18-16-7-2-12(3-8-16)1-4-13-5-6-15(17(19,20)21)11-14(13)9-10-22/h2-3,5-8,11H,9-10,22H2. The molecule has 0 unspecified atom stereocenters. The van der Waals surface area contributed by atoms with Crippen molar-refractivity contribution in [1.29, 1.82) is 0 Å². The van der Waals surface area contributed by atoms with Gasteiger partial charge in [-0.1, -0.05) is 11.8 Å². The van der Waals surface area contributed by atoms with Crippen molar-refractivity contribution in [2.24, 2.45) is 5.73 Å². The van der Waals surface area contributed by atoms with Gasteiger partial charge in [0.15, 0.2) is 0 Å². The fourth-order valence-corrected chi connectivity index (χ4v) is 1.93. The van der Waals surface area contributed by atoms with E-state index in [0.29, 0.717) is 23.1 Å². The lowest BCUT2D eigenvalue weighted by Gasteiger charge is -2.10. The summed E-state index contributed by atoms with van der Waals surface area (Å²) in [4.78, 5) is 0. The van der Waals surface area contributed by atoms with Crippen molar-refractivity contribution in [3.8, 4) is 11.8 Å². The maximum atomic E-state index is 12.8. The van der Waals surface area contributed by atoms with Crippen LogP contribution in [0.4, 0.5) is 17.6 Å². The van der Waals surface area contributed by atoms with Crippen molar-refractivity contribution in [2.75, 3.05) is 6.54 Å². The van der Waals surface area contributed by atoms with Crippen LogP contribution in [0.1, 0.15) is 22.3 Å². The monoisotopic (exact) mass is 307 g/mol. The highest BCUT2D eigenvalue weighted by Gasteiger charge is 2.30. The number of nitrogens with two attached hydrogens (primary N) is 1. The molecule has 0 aromatic heterocycles. The predicted octanol–water partition coefficient (Wildman–Crippen LogP) is 3.75. The fourth-order valence-electron chi connectivity index (χ4n) is 1.93. The number of halogens is 4. The molecule has 0 spiro atoms. The number of rotatable bonds is 2. The minimum atomic E-state index is -4.40. The molecule has 0 fully saturated rings. The van der Waals surface area contributed by atoms with Crippen molar-refractivity contribution in [3.63, 3.8) is 0 Å². The molecule has 0 bridgehead atoms. The summed E-state index contributed by atoms with van der Waals surface area (Å²) in [6.45, 7) is 0.229. The number of benzene rings is 2. The molecule has 2 aromatic carbocycles. The second-order valence-electron chi connectivity index (χ2n) is 4.67. The van der Waals surface area contributed by atoms with Crippen LogP contribution in [0.2, 0.25) is 0 Å². The Labute approximate surface area is 125 Å². The van der Waals surface area contributed by atoms with Gasteiger partial charge < -0.3 is 5.73 Å². The van der Waals surface area contributed by atoms with Crippen molar-refractivity contribution in [1.82, 2.24) is 0 Å². The average Bonchev–Trinajstić information content (AvgIpc) is 2.47. The summed E-state index contributed by atoms with van der Waals surface area (Å²) in [5.74, 6) is 5.25. The maximum Gasteiger partial charge on any atom is 0.416 e. The first kappa shape index (κ1) is 16.1. The Morgan fingerprint density at radius 1 is 0.955 bits per heavy atom. The third-order valence-corrected chi connectivity index (χ3v) is 3.03. The Morgan fingerprint density at radius 2 is 1.64 bits per heavy atom. The number of alkyl halides is 3. The molecule has 2 rings (SSSR count). The molecule has 1 nitrogen and oxygen atoms in total. The first-order valence-corrected chi connectivity index (χ1v) is 6.58. The van der Waals surface area contributed by atoms with E-state index in [0.717, 1.165) is 12.1 Å². The van der Waals surface area contributed by atoms with Crippen LogP contribution in [-0.4, -0.2) is 6.54 Å². The highest BCUT2D eigenvalue weighted by atomic mass is 19.4. The maximum absolute atomic E-state index is 12.8. The molecule has 0 radical (unpaired) electrons. The molecule has 0 aliphatic carbocycles. The first-order valence-electron chi connectivity index (χ1n) is 6.58. The lowest BCUT2D eigenvalue weighted by molar-refractivity contribution is -0.137. The van der Waals surface area contributed by atoms with Gasteiger partial charge >= 0.3 is 6.18 Å². The van der Waals surface area contributed by atoms with Gasteiger partial charge in [0.25, 0.3) is 0 Å². The van der Waals surface area contributed by atoms with Crippen LogP contribution in [-0.2, 0) is 12.6 Å². The van der Waals surface area contributed by atoms with Gasteiger partial charge in [0, 0.05) is 11.1 Å². The van der Waals surface area contributed by atoms with E-state index in [2.05, 4.69) is 11.8 Å². The van der Waals surface area contributed by atoms with E-state index in [1.165, 1.54) is 30.3 Å². The molecular formula is C17H13F4N. The molecule has 5 heteroatoms. The van der Waals surface area contributed by atoms with Crippen LogP contribution in [0, 0.1) is 17.7 Å². The SMILES string of the molecule is NCCc1cc(C(F)(F)F)ccc1C#Cc1ccc(F)cc1. The highest BCUT2D eigenvalue weighted by Crippen LogP contribution is 2.30. The van der Waals surface area contributed by atoms with Crippen LogP contribution in [0.3, 0.4) is 0 Å².